The molecule has 3 rings (SSSR count). The number of halogens is 2. The Labute approximate surface area is 134 Å². The molecule has 0 aliphatic heterocycles. The van der Waals surface area contributed by atoms with Gasteiger partial charge < -0.3 is 5.32 Å². The van der Waals surface area contributed by atoms with Gasteiger partial charge in [-0.1, -0.05) is 41.9 Å². The van der Waals surface area contributed by atoms with Crippen LogP contribution in [0.1, 0.15) is 35.6 Å². The Morgan fingerprint density at radius 2 is 2.09 bits per heavy atom. The Balaban J connectivity index is 1.70. The minimum Gasteiger partial charge on any atom is -0.349 e. The molecule has 0 bridgehead atoms. The molecular formula is C18H17ClFNO. The highest BCUT2D eigenvalue weighted by atomic mass is 35.5. The fraction of sp³-hybridized carbons (Fsp3) is 0.278. The first-order chi connectivity index (χ1) is 10.6. The van der Waals surface area contributed by atoms with Crippen LogP contribution < -0.4 is 5.32 Å². The number of amides is 1. The maximum Gasteiger partial charge on any atom is 0.225 e. The summed E-state index contributed by atoms with van der Waals surface area (Å²) in [7, 11) is 0. The molecule has 0 saturated carbocycles. The third kappa shape index (κ3) is 3.30. The second-order valence-electron chi connectivity index (χ2n) is 5.62. The quantitative estimate of drug-likeness (QED) is 0.902. The number of carbonyl (C=O) groups excluding carboxylic acids is 1. The van der Waals surface area contributed by atoms with Crippen molar-refractivity contribution in [3.63, 3.8) is 0 Å². The molecule has 0 aromatic heterocycles. The van der Waals surface area contributed by atoms with Gasteiger partial charge in [0.2, 0.25) is 5.91 Å². The average molecular weight is 318 g/mol. The fourth-order valence-corrected chi connectivity index (χ4v) is 3.15. The van der Waals surface area contributed by atoms with Crippen LogP contribution in [0.4, 0.5) is 4.39 Å². The smallest absolute Gasteiger partial charge is 0.225 e. The van der Waals surface area contributed by atoms with Gasteiger partial charge in [-0.05, 0) is 48.1 Å². The molecule has 1 amide bonds. The first-order valence-corrected chi connectivity index (χ1v) is 7.82. The topological polar surface area (TPSA) is 29.1 Å². The van der Waals surface area contributed by atoms with Crippen LogP contribution in [-0.4, -0.2) is 5.91 Å². The van der Waals surface area contributed by atoms with E-state index in [0.29, 0.717) is 10.6 Å². The number of fused-ring (bicyclic) bond motifs is 1. The lowest BCUT2D eigenvalue weighted by molar-refractivity contribution is -0.121. The predicted octanol–water partition coefficient (Wildman–Crippen LogP) is 4.22. The van der Waals surface area contributed by atoms with Crippen molar-refractivity contribution in [2.75, 3.05) is 0 Å². The van der Waals surface area contributed by atoms with Crippen molar-refractivity contribution in [3.05, 3.63) is 70.0 Å². The Hall–Kier alpha value is -1.87. The van der Waals surface area contributed by atoms with E-state index in [0.717, 1.165) is 19.3 Å². The molecule has 22 heavy (non-hydrogen) atoms. The van der Waals surface area contributed by atoms with E-state index in [2.05, 4.69) is 17.4 Å². The molecule has 0 saturated heterocycles. The number of aryl methyl sites for hydroxylation is 1. The molecule has 1 atom stereocenters. The van der Waals surface area contributed by atoms with Crippen LogP contribution in [0.25, 0.3) is 0 Å². The van der Waals surface area contributed by atoms with Crippen molar-refractivity contribution >= 4 is 17.5 Å². The third-order valence-electron chi connectivity index (χ3n) is 4.07. The summed E-state index contributed by atoms with van der Waals surface area (Å²) in [6.07, 6.45) is 3.05. The van der Waals surface area contributed by atoms with E-state index >= 15 is 0 Å². The first kappa shape index (κ1) is 15.0. The molecule has 2 aromatic rings. The van der Waals surface area contributed by atoms with Gasteiger partial charge in [0.25, 0.3) is 0 Å². The van der Waals surface area contributed by atoms with Gasteiger partial charge in [0, 0.05) is 5.02 Å². The number of nitrogens with one attached hydrogen (secondary N) is 1. The van der Waals surface area contributed by atoms with Crippen LogP contribution in [-0.2, 0) is 17.6 Å². The van der Waals surface area contributed by atoms with E-state index in [-0.39, 0.29) is 18.4 Å². The van der Waals surface area contributed by atoms with Crippen molar-refractivity contribution in [2.24, 2.45) is 0 Å². The maximum absolute atomic E-state index is 13.8. The highest BCUT2D eigenvalue weighted by Gasteiger charge is 2.21. The van der Waals surface area contributed by atoms with Crippen LogP contribution in [0.2, 0.25) is 5.02 Å². The van der Waals surface area contributed by atoms with Gasteiger partial charge in [-0.3, -0.25) is 4.79 Å². The Morgan fingerprint density at radius 1 is 1.27 bits per heavy atom. The van der Waals surface area contributed by atoms with Gasteiger partial charge in [0.15, 0.2) is 0 Å². The second kappa shape index (κ2) is 6.49. The van der Waals surface area contributed by atoms with Gasteiger partial charge in [-0.25, -0.2) is 4.39 Å². The molecule has 1 N–H and O–H groups in total. The number of hydrogen-bond acceptors (Lipinski definition) is 1. The normalized spacial score (nSPS) is 16.9. The number of rotatable bonds is 3. The molecule has 0 unspecified atom stereocenters. The Kier molecular flexibility index (Phi) is 4.44. The molecule has 0 heterocycles. The summed E-state index contributed by atoms with van der Waals surface area (Å²) in [6, 6.07) is 12.6. The molecule has 2 aromatic carbocycles. The average Bonchev–Trinajstić information content (AvgIpc) is 2.50. The van der Waals surface area contributed by atoms with E-state index in [1.165, 1.54) is 17.2 Å². The van der Waals surface area contributed by atoms with Gasteiger partial charge in [0.05, 0.1) is 12.5 Å². The van der Waals surface area contributed by atoms with Gasteiger partial charge in [-0.15, -0.1) is 0 Å². The van der Waals surface area contributed by atoms with Crippen molar-refractivity contribution < 1.29 is 9.18 Å². The number of hydrogen-bond donors (Lipinski definition) is 1. The molecule has 1 aliphatic rings. The monoisotopic (exact) mass is 317 g/mol. The lowest BCUT2D eigenvalue weighted by Gasteiger charge is -2.26. The minimum absolute atomic E-state index is 0.0211. The molecular weight excluding hydrogens is 301 g/mol. The van der Waals surface area contributed by atoms with Crippen molar-refractivity contribution in [2.45, 2.75) is 31.7 Å². The highest BCUT2D eigenvalue weighted by molar-refractivity contribution is 6.30. The zero-order valence-electron chi connectivity index (χ0n) is 12.1. The molecule has 2 nitrogen and oxygen atoms in total. The summed E-state index contributed by atoms with van der Waals surface area (Å²) < 4.78 is 13.8. The van der Waals surface area contributed by atoms with E-state index in [1.54, 1.807) is 12.1 Å². The predicted molar refractivity (Wildman–Crippen MR) is 85.4 cm³/mol. The summed E-state index contributed by atoms with van der Waals surface area (Å²) in [4.78, 5) is 12.2. The van der Waals surface area contributed by atoms with Crippen LogP contribution in [0.5, 0.6) is 0 Å². The van der Waals surface area contributed by atoms with Crippen molar-refractivity contribution in [1.82, 2.24) is 5.32 Å². The van der Waals surface area contributed by atoms with Crippen molar-refractivity contribution in [3.8, 4) is 0 Å². The third-order valence-corrected chi connectivity index (χ3v) is 4.31. The van der Waals surface area contributed by atoms with E-state index < -0.39 is 5.82 Å². The van der Waals surface area contributed by atoms with E-state index in [9.17, 15) is 9.18 Å². The zero-order chi connectivity index (χ0) is 15.5. The van der Waals surface area contributed by atoms with Gasteiger partial charge in [0.1, 0.15) is 5.82 Å². The number of carbonyl (C=O) groups is 1. The van der Waals surface area contributed by atoms with E-state index in [1.807, 2.05) is 12.1 Å². The maximum atomic E-state index is 13.8. The summed E-state index contributed by atoms with van der Waals surface area (Å²) in [5.74, 6) is -0.602. The van der Waals surface area contributed by atoms with Crippen LogP contribution >= 0.6 is 11.6 Å². The molecule has 0 spiro atoms. The number of benzene rings is 2. The highest BCUT2D eigenvalue weighted by Crippen LogP contribution is 2.29. The Bertz CT molecular complexity index is 701. The summed E-state index contributed by atoms with van der Waals surface area (Å²) in [5.41, 5.74) is 2.83. The van der Waals surface area contributed by atoms with Gasteiger partial charge in [-0.2, -0.15) is 0 Å². The lowest BCUT2D eigenvalue weighted by atomic mass is 9.87. The van der Waals surface area contributed by atoms with Crippen LogP contribution in [0.3, 0.4) is 0 Å². The molecule has 4 heteroatoms. The molecule has 0 fully saturated rings. The zero-order valence-corrected chi connectivity index (χ0v) is 12.9. The summed E-state index contributed by atoms with van der Waals surface area (Å²) in [6.45, 7) is 0. The van der Waals surface area contributed by atoms with Crippen LogP contribution in [0, 0.1) is 5.82 Å². The van der Waals surface area contributed by atoms with Crippen LogP contribution in [0.15, 0.2) is 42.5 Å². The first-order valence-electron chi connectivity index (χ1n) is 7.44. The largest absolute Gasteiger partial charge is 0.349 e. The lowest BCUT2D eigenvalue weighted by Crippen LogP contribution is -2.32. The SMILES string of the molecule is O=C(Cc1ccc(Cl)cc1F)N[C@@H]1CCCc2ccccc21. The van der Waals surface area contributed by atoms with Crippen molar-refractivity contribution in [1.29, 1.82) is 0 Å². The molecule has 114 valence electrons. The standard InChI is InChI=1S/C18H17ClFNO/c19-14-9-8-13(16(20)11-14)10-18(22)21-17-7-3-5-12-4-1-2-6-15(12)17/h1-2,4,6,8-9,11,17H,3,5,7,10H2,(H,21,22)/t17-/m1/s1. The van der Waals surface area contributed by atoms with Gasteiger partial charge >= 0.3 is 0 Å². The fourth-order valence-electron chi connectivity index (χ4n) is 2.99. The second-order valence-corrected chi connectivity index (χ2v) is 6.06. The summed E-state index contributed by atoms with van der Waals surface area (Å²) in [5, 5.41) is 3.36. The van der Waals surface area contributed by atoms with E-state index in [4.69, 9.17) is 11.6 Å². The Morgan fingerprint density at radius 3 is 2.91 bits per heavy atom. The molecule has 0 radical (unpaired) electrons. The minimum atomic E-state index is -0.438. The summed E-state index contributed by atoms with van der Waals surface area (Å²) >= 11 is 5.72. The molecule has 1 aliphatic carbocycles.